The van der Waals surface area contributed by atoms with Crippen molar-refractivity contribution < 1.29 is 23.1 Å². The number of hydrogen-bond donors (Lipinski definition) is 0. The fraction of sp³-hybridized carbons (Fsp3) is 0.258. The Bertz CT molecular complexity index is 1480. The van der Waals surface area contributed by atoms with Gasteiger partial charge >= 0.3 is 0 Å². The van der Waals surface area contributed by atoms with Crippen LogP contribution in [0, 0.1) is 5.82 Å². The highest BCUT2D eigenvalue weighted by Gasteiger charge is 2.23. The molecule has 2 amide bonds. The maximum atomic E-state index is 13.6. The zero-order valence-electron chi connectivity index (χ0n) is 22.1. The molecule has 4 aromatic rings. The van der Waals surface area contributed by atoms with E-state index in [2.05, 4.69) is 0 Å². The molecule has 7 nitrogen and oxygen atoms in total. The quantitative estimate of drug-likeness (QED) is 0.274. The van der Waals surface area contributed by atoms with Gasteiger partial charge < -0.3 is 19.0 Å². The van der Waals surface area contributed by atoms with Crippen LogP contribution in [0.3, 0.4) is 0 Å². The normalized spacial score (nSPS) is 10.8. The molecule has 3 aromatic carbocycles. The lowest BCUT2D eigenvalue weighted by atomic mass is 10.1. The standard InChI is InChI=1S/C31H31FN2O5/c1-3-16-33(29(35)17-22-10-14-26(38-2)15-11-22)20-30(36)34(18-23-8-12-25(32)13-9-23)19-24-21-39-28-7-5-4-6-27(28)31(24)37/h4-15,21H,3,16-20H2,1-2H3. The van der Waals surface area contributed by atoms with E-state index in [4.69, 9.17) is 9.15 Å². The molecule has 0 saturated heterocycles. The van der Waals surface area contributed by atoms with Crippen LogP contribution in [0.1, 0.15) is 30.0 Å². The van der Waals surface area contributed by atoms with Crippen LogP contribution in [0.5, 0.6) is 5.75 Å². The molecule has 0 fully saturated rings. The maximum absolute atomic E-state index is 13.6. The molecule has 0 unspecified atom stereocenters. The second-order valence-electron chi connectivity index (χ2n) is 9.30. The number of para-hydroxylation sites is 1. The molecule has 0 bridgehead atoms. The number of carbonyl (C=O) groups is 2. The number of amides is 2. The Hall–Kier alpha value is -4.46. The molecule has 0 aliphatic carbocycles. The summed E-state index contributed by atoms with van der Waals surface area (Å²) in [6, 6.07) is 20.0. The Morgan fingerprint density at radius 2 is 1.56 bits per heavy atom. The van der Waals surface area contributed by atoms with Crippen molar-refractivity contribution >= 4 is 22.8 Å². The fourth-order valence-corrected chi connectivity index (χ4v) is 4.33. The van der Waals surface area contributed by atoms with Crippen LogP contribution in [-0.2, 0) is 29.1 Å². The van der Waals surface area contributed by atoms with Crippen LogP contribution in [0.2, 0.25) is 0 Å². The van der Waals surface area contributed by atoms with Gasteiger partial charge in [0.15, 0.2) is 5.43 Å². The van der Waals surface area contributed by atoms with Crippen LogP contribution < -0.4 is 10.2 Å². The van der Waals surface area contributed by atoms with Crippen LogP contribution in [0.4, 0.5) is 4.39 Å². The molecule has 0 N–H and O–H groups in total. The van der Waals surface area contributed by atoms with Crippen LogP contribution in [0.25, 0.3) is 11.0 Å². The second kappa shape index (κ2) is 12.9. The highest BCUT2D eigenvalue weighted by Crippen LogP contribution is 2.16. The third kappa shape index (κ3) is 7.10. The van der Waals surface area contributed by atoms with Crippen molar-refractivity contribution in [3.05, 3.63) is 112 Å². The first kappa shape index (κ1) is 27.6. The minimum atomic E-state index is -0.384. The van der Waals surface area contributed by atoms with Crippen molar-refractivity contribution in [1.29, 1.82) is 0 Å². The van der Waals surface area contributed by atoms with Gasteiger partial charge in [-0.15, -0.1) is 0 Å². The molecule has 39 heavy (non-hydrogen) atoms. The van der Waals surface area contributed by atoms with Crippen molar-refractivity contribution in [3.8, 4) is 5.75 Å². The summed E-state index contributed by atoms with van der Waals surface area (Å²) in [6.45, 7) is 2.31. The molecule has 4 rings (SSSR count). The van der Waals surface area contributed by atoms with Gasteiger partial charge in [0.05, 0.1) is 43.8 Å². The Balaban J connectivity index is 1.56. The van der Waals surface area contributed by atoms with E-state index in [0.29, 0.717) is 40.8 Å². The van der Waals surface area contributed by atoms with E-state index < -0.39 is 0 Å². The number of halogens is 1. The summed E-state index contributed by atoms with van der Waals surface area (Å²) in [5, 5.41) is 0.423. The molecule has 202 valence electrons. The molecule has 0 aliphatic rings. The van der Waals surface area contributed by atoms with E-state index in [9.17, 15) is 18.8 Å². The molecule has 0 radical (unpaired) electrons. The van der Waals surface area contributed by atoms with Crippen molar-refractivity contribution in [2.45, 2.75) is 32.9 Å². The van der Waals surface area contributed by atoms with Gasteiger partial charge in [-0.1, -0.05) is 43.3 Å². The number of benzene rings is 3. The average Bonchev–Trinajstić information content (AvgIpc) is 2.95. The third-order valence-electron chi connectivity index (χ3n) is 6.44. The lowest BCUT2D eigenvalue weighted by Crippen LogP contribution is -2.43. The Morgan fingerprint density at radius 1 is 0.872 bits per heavy atom. The highest BCUT2D eigenvalue weighted by atomic mass is 19.1. The van der Waals surface area contributed by atoms with Crippen molar-refractivity contribution in [2.24, 2.45) is 0 Å². The predicted molar refractivity (Wildman–Crippen MR) is 147 cm³/mol. The number of fused-ring (bicyclic) bond motifs is 1. The Morgan fingerprint density at radius 3 is 2.26 bits per heavy atom. The predicted octanol–water partition coefficient (Wildman–Crippen LogP) is 4.95. The fourth-order valence-electron chi connectivity index (χ4n) is 4.33. The number of methoxy groups -OCH3 is 1. The number of nitrogens with zero attached hydrogens (tertiary/aromatic N) is 2. The van der Waals surface area contributed by atoms with Gasteiger partial charge in [-0.05, 0) is 53.9 Å². The van der Waals surface area contributed by atoms with Gasteiger partial charge in [-0.25, -0.2) is 4.39 Å². The smallest absolute Gasteiger partial charge is 0.242 e. The maximum Gasteiger partial charge on any atom is 0.242 e. The molecule has 0 aliphatic heterocycles. The number of hydrogen-bond acceptors (Lipinski definition) is 5. The Labute approximate surface area is 226 Å². The van der Waals surface area contributed by atoms with E-state index in [-0.39, 0.29) is 49.1 Å². The summed E-state index contributed by atoms with van der Waals surface area (Å²) in [4.78, 5) is 43.0. The minimum Gasteiger partial charge on any atom is -0.497 e. The molecule has 0 saturated carbocycles. The van der Waals surface area contributed by atoms with Gasteiger partial charge in [0, 0.05) is 13.1 Å². The summed E-state index contributed by atoms with van der Waals surface area (Å²) in [6.07, 6.45) is 2.19. The number of ether oxygens (including phenoxy) is 1. The van der Waals surface area contributed by atoms with E-state index in [1.54, 1.807) is 55.6 Å². The van der Waals surface area contributed by atoms with Crippen LogP contribution >= 0.6 is 0 Å². The van der Waals surface area contributed by atoms with E-state index in [1.165, 1.54) is 28.2 Å². The van der Waals surface area contributed by atoms with Crippen molar-refractivity contribution in [1.82, 2.24) is 9.80 Å². The molecule has 1 aromatic heterocycles. The van der Waals surface area contributed by atoms with E-state index in [1.807, 2.05) is 19.1 Å². The SMILES string of the molecule is CCCN(CC(=O)N(Cc1ccc(F)cc1)Cc1coc2ccccc2c1=O)C(=O)Cc1ccc(OC)cc1. The average molecular weight is 531 g/mol. The molecular formula is C31H31FN2O5. The van der Waals surface area contributed by atoms with Gasteiger partial charge in [0.2, 0.25) is 11.8 Å². The monoisotopic (exact) mass is 530 g/mol. The number of carbonyl (C=O) groups excluding carboxylic acids is 2. The molecule has 0 atom stereocenters. The lowest BCUT2D eigenvalue weighted by molar-refractivity contribution is -0.141. The minimum absolute atomic E-state index is 0.0178. The zero-order chi connectivity index (χ0) is 27.8. The first-order valence-electron chi connectivity index (χ1n) is 12.8. The second-order valence-corrected chi connectivity index (χ2v) is 9.30. The first-order chi connectivity index (χ1) is 18.9. The van der Waals surface area contributed by atoms with E-state index >= 15 is 0 Å². The van der Waals surface area contributed by atoms with Crippen molar-refractivity contribution in [3.63, 3.8) is 0 Å². The number of rotatable bonds is 11. The molecule has 8 heteroatoms. The van der Waals surface area contributed by atoms with Gasteiger partial charge in [-0.2, -0.15) is 0 Å². The van der Waals surface area contributed by atoms with Crippen LogP contribution in [0.15, 0.2) is 88.3 Å². The molecular weight excluding hydrogens is 499 g/mol. The molecule has 0 spiro atoms. The zero-order valence-corrected chi connectivity index (χ0v) is 22.1. The third-order valence-corrected chi connectivity index (χ3v) is 6.44. The summed E-state index contributed by atoms with van der Waals surface area (Å²) < 4.78 is 24.3. The first-order valence-corrected chi connectivity index (χ1v) is 12.8. The molecule has 1 heterocycles. The highest BCUT2D eigenvalue weighted by molar-refractivity contribution is 5.86. The van der Waals surface area contributed by atoms with Crippen LogP contribution in [-0.4, -0.2) is 41.8 Å². The summed E-state index contributed by atoms with van der Waals surface area (Å²) in [5.74, 6) is -0.197. The van der Waals surface area contributed by atoms with Crippen molar-refractivity contribution in [2.75, 3.05) is 20.2 Å². The van der Waals surface area contributed by atoms with Gasteiger partial charge in [-0.3, -0.25) is 14.4 Å². The van der Waals surface area contributed by atoms with E-state index in [0.717, 1.165) is 5.56 Å². The summed E-state index contributed by atoms with van der Waals surface area (Å²) >= 11 is 0. The largest absolute Gasteiger partial charge is 0.497 e. The lowest BCUT2D eigenvalue weighted by Gasteiger charge is -2.28. The summed E-state index contributed by atoms with van der Waals surface area (Å²) in [5.41, 5.74) is 2.05. The van der Waals surface area contributed by atoms with Gasteiger partial charge in [0.25, 0.3) is 0 Å². The van der Waals surface area contributed by atoms with Gasteiger partial charge in [0.1, 0.15) is 17.1 Å². The Kier molecular flexibility index (Phi) is 9.10. The topological polar surface area (TPSA) is 80.1 Å². The summed E-state index contributed by atoms with van der Waals surface area (Å²) in [7, 11) is 1.58.